The normalized spacial score (nSPS) is 11.4. The van der Waals surface area contributed by atoms with Crippen LogP contribution in [0.4, 0.5) is 13.2 Å². The largest absolute Gasteiger partial charge is 0.480 e. The summed E-state index contributed by atoms with van der Waals surface area (Å²) in [6, 6.07) is 0. The van der Waals surface area contributed by atoms with Gasteiger partial charge in [0.15, 0.2) is 5.69 Å². The van der Waals surface area contributed by atoms with E-state index in [4.69, 9.17) is 10.2 Å². The summed E-state index contributed by atoms with van der Waals surface area (Å²) < 4.78 is 36.9. The van der Waals surface area contributed by atoms with Crippen molar-refractivity contribution >= 4 is 11.9 Å². The first kappa shape index (κ1) is 11.9. The molecule has 1 heterocycles. The molecule has 88 valence electrons. The van der Waals surface area contributed by atoms with Crippen molar-refractivity contribution < 1.29 is 33.0 Å². The number of hydrogen-bond donors (Lipinski definition) is 2. The summed E-state index contributed by atoms with van der Waals surface area (Å²) in [4.78, 5) is 20.8. The van der Waals surface area contributed by atoms with E-state index in [1.807, 2.05) is 0 Å². The van der Waals surface area contributed by atoms with Crippen molar-refractivity contribution in [3.63, 3.8) is 0 Å². The van der Waals surface area contributed by atoms with Crippen LogP contribution in [0.3, 0.4) is 0 Å². The number of carboxylic acids is 2. The van der Waals surface area contributed by atoms with Crippen molar-refractivity contribution in [2.24, 2.45) is 0 Å². The maximum Gasteiger partial charge on any atom is 0.437 e. The summed E-state index contributed by atoms with van der Waals surface area (Å²) in [5.74, 6) is -3.47. The van der Waals surface area contributed by atoms with Crippen LogP contribution < -0.4 is 0 Å². The summed E-state index contributed by atoms with van der Waals surface area (Å²) in [6.07, 6.45) is -5.00. The molecule has 1 aromatic rings. The lowest BCUT2D eigenvalue weighted by atomic mass is 10.3. The topological polar surface area (TPSA) is 105 Å². The SMILES string of the molecule is O=C(O)Cn1nnc(C(F)(F)F)c1C(=O)O. The quantitative estimate of drug-likeness (QED) is 0.773. The fraction of sp³-hybridized carbons (Fsp3) is 0.333. The van der Waals surface area contributed by atoms with E-state index in [0.717, 1.165) is 0 Å². The fourth-order valence-electron chi connectivity index (χ4n) is 0.954. The van der Waals surface area contributed by atoms with Gasteiger partial charge < -0.3 is 10.2 Å². The molecule has 0 aromatic carbocycles. The van der Waals surface area contributed by atoms with E-state index in [1.54, 1.807) is 0 Å². The summed E-state index contributed by atoms with van der Waals surface area (Å²) in [7, 11) is 0. The zero-order valence-corrected chi connectivity index (χ0v) is 7.39. The molecule has 0 saturated carbocycles. The molecule has 1 rings (SSSR count). The summed E-state index contributed by atoms with van der Waals surface area (Å²) in [5.41, 5.74) is -3.02. The third-order valence-corrected chi connectivity index (χ3v) is 1.49. The molecule has 10 heteroatoms. The molecule has 0 aliphatic carbocycles. The minimum atomic E-state index is -5.00. The first-order valence-electron chi connectivity index (χ1n) is 3.69. The number of nitrogens with zero attached hydrogens (tertiary/aromatic N) is 3. The van der Waals surface area contributed by atoms with E-state index in [0.29, 0.717) is 0 Å². The monoisotopic (exact) mass is 239 g/mol. The summed E-state index contributed by atoms with van der Waals surface area (Å²) in [5, 5.41) is 22.3. The van der Waals surface area contributed by atoms with Gasteiger partial charge in [-0.1, -0.05) is 5.21 Å². The molecule has 0 bridgehead atoms. The second-order valence-electron chi connectivity index (χ2n) is 2.64. The van der Waals surface area contributed by atoms with Crippen molar-refractivity contribution in [3.8, 4) is 0 Å². The Morgan fingerprint density at radius 1 is 1.31 bits per heavy atom. The Labute approximate surface area is 85.1 Å². The predicted octanol–water partition coefficient (Wildman–Crippen LogP) is 0.0797. The molecule has 0 aliphatic heterocycles. The van der Waals surface area contributed by atoms with Crippen LogP contribution in [-0.2, 0) is 17.5 Å². The number of alkyl halides is 3. The molecular weight excluding hydrogens is 235 g/mol. The number of aromatic nitrogens is 3. The van der Waals surface area contributed by atoms with Gasteiger partial charge in [-0.2, -0.15) is 13.2 Å². The van der Waals surface area contributed by atoms with Crippen LogP contribution in [0.2, 0.25) is 0 Å². The van der Waals surface area contributed by atoms with Gasteiger partial charge in [0.25, 0.3) is 0 Å². The molecule has 0 fully saturated rings. The molecule has 0 spiro atoms. The third-order valence-electron chi connectivity index (χ3n) is 1.49. The van der Waals surface area contributed by atoms with Crippen LogP contribution in [0.1, 0.15) is 16.2 Å². The lowest BCUT2D eigenvalue weighted by Crippen LogP contribution is -2.19. The van der Waals surface area contributed by atoms with E-state index in [1.165, 1.54) is 0 Å². The van der Waals surface area contributed by atoms with Crippen LogP contribution >= 0.6 is 0 Å². The Bertz CT molecular complexity index is 439. The van der Waals surface area contributed by atoms with E-state index in [2.05, 4.69) is 10.3 Å². The fourth-order valence-corrected chi connectivity index (χ4v) is 0.954. The maximum atomic E-state index is 12.2. The lowest BCUT2D eigenvalue weighted by molar-refractivity contribution is -0.142. The Kier molecular flexibility index (Phi) is 2.83. The van der Waals surface area contributed by atoms with Gasteiger partial charge in [-0.05, 0) is 0 Å². The molecule has 16 heavy (non-hydrogen) atoms. The van der Waals surface area contributed by atoms with E-state index in [-0.39, 0.29) is 4.68 Å². The Morgan fingerprint density at radius 3 is 2.25 bits per heavy atom. The number of carbonyl (C=O) groups is 2. The zero-order valence-electron chi connectivity index (χ0n) is 7.39. The predicted molar refractivity (Wildman–Crippen MR) is 39.6 cm³/mol. The number of aromatic carboxylic acids is 1. The average molecular weight is 239 g/mol. The lowest BCUT2D eigenvalue weighted by Gasteiger charge is -2.03. The van der Waals surface area contributed by atoms with Gasteiger partial charge in [-0.3, -0.25) is 4.79 Å². The van der Waals surface area contributed by atoms with Gasteiger partial charge in [0.2, 0.25) is 5.69 Å². The Balaban J connectivity index is 3.28. The number of hydrogen-bond acceptors (Lipinski definition) is 4. The number of halogens is 3. The van der Waals surface area contributed by atoms with Crippen LogP contribution in [0.5, 0.6) is 0 Å². The number of carboxylic acid groups (broad SMARTS) is 2. The third kappa shape index (κ3) is 2.27. The zero-order chi connectivity index (χ0) is 12.5. The van der Waals surface area contributed by atoms with Crippen molar-refractivity contribution in [2.45, 2.75) is 12.7 Å². The second kappa shape index (κ2) is 3.79. The molecule has 1 aromatic heterocycles. The second-order valence-corrected chi connectivity index (χ2v) is 2.64. The number of aliphatic carboxylic acids is 1. The number of rotatable bonds is 3. The van der Waals surface area contributed by atoms with Crippen molar-refractivity contribution in [1.29, 1.82) is 0 Å². The van der Waals surface area contributed by atoms with E-state index in [9.17, 15) is 22.8 Å². The van der Waals surface area contributed by atoms with Gasteiger partial charge in [-0.25, -0.2) is 9.48 Å². The van der Waals surface area contributed by atoms with Crippen molar-refractivity contribution in [2.75, 3.05) is 0 Å². The first-order valence-corrected chi connectivity index (χ1v) is 3.69. The van der Waals surface area contributed by atoms with Gasteiger partial charge >= 0.3 is 18.1 Å². The van der Waals surface area contributed by atoms with Gasteiger partial charge in [0, 0.05) is 0 Å². The molecule has 0 amide bonds. The molecular formula is C6H4F3N3O4. The highest BCUT2D eigenvalue weighted by atomic mass is 19.4. The molecule has 7 nitrogen and oxygen atoms in total. The van der Waals surface area contributed by atoms with Crippen LogP contribution in [0.15, 0.2) is 0 Å². The molecule has 0 aliphatic rings. The molecule has 0 saturated heterocycles. The molecule has 2 N–H and O–H groups in total. The van der Waals surface area contributed by atoms with Gasteiger partial charge in [0.05, 0.1) is 0 Å². The van der Waals surface area contributed by atoms with Gasteiger partial charge in [0.1, 0.15) is 6.54 Å². The molecule has 0 atom stereocenters. The minimum absolute atomic E-state index is 0.160. The first-order chi connectivity index (χ1) is 7.23. The Hall–Kier alpha value is -2.13. The standard InChI is InChI=1S/C6H4F3N3O4/c7-6(8,9)4-3(5(15)16)12(11-10-4)1-2(13)14/h1H2,(H,13,14)(H,15,16). The van der Waals surface area contributed by atoms with Crippen molar-refractivity contribution in [1.82, 2.24) is 15.0 Å². The Morgan fingerprint density at radius 2 is 1.88 bits per heavy atom. The van der Waals surface area contributed by atoms with Crippen LogP contribution in [0.25, 0.3) is 0 Å². The van der Waals surface area contributed by atoms with Crippen LogP contribution in [-0.4, -0.2) is 37.1 Å². The summed E-state index contributed by atoms with van der Waals surface area (Å²) in [6.45, 7) is -1.01. The average Bonchev–Trinajstić information content (AvgIpc) is 2.45. The highest BCUT2D eigenvalue weighted by Gasteiger charge is 2.41. The molecule has 0 radical (unpaired) electrons. The van der Waals surface area contributed by atoms with Gasteiger partial charge in [-0.15, -0.1) is 5.10 Å². The highest BCUT2D eigenvalue weighted by molar-refractivity contribution is 5.87. The van der Waals surface area contributed by atoms with E-state index >= 15 is 0 Å². The smallest absolute Gasteiger partial charge is 0.437 e. The highest BCUT2D eigenvalue weighted by Crippen LogP contribution is 2.29. The molecule has 0 unspecified atom stereocenters. The van der Waals surface area contributed by atoms with Crippen LogP contribution in [0, 0.1) is 0 Å². The summed E-state index contributed by atoms with van der Waals surface area (Å²) >= 11 is 0. The van der Waals surface area contributed by atoms with Crippen molar-refractivity contribution in [3.05, 3.63) is 11.4 Å². The minimum Gasteiger partial charge on any atom is -0.480 e. The van der Waals surface area contributed by atoms with E-state index < -0.39 is 36.0 Å². The maximum absolute atomic E-state index is 12.2.